The van der Waals surface area contributed by atoms with E-state index in [0.29, 0.717) is 10.9 Å². The van der Waals surface area contributed by atoms with Crippen molar-refractivity contribution in [2.75, 3.05) is 0 Å². The third-order valence-electron chi connectivity index (χ3n) is 3.86. The van der Waals surface area contributed by atoms with Gasteiger partial charge in [0.25, 0.3) is 0 Å². The molecule has 0 radical (unpaired) electrons. The van der Waals surface area contributed by atoms with Crippen molar-refractivity contribution in [3.8, 4) is 0 Å². The van der Waals surface area contributed by atoms with Crippen molar-refractivity contribution in [3.63, 3.8) is 0 Å². The van der Waals surface area contributed by atoms with Crippen molar-refractivity contribution in [1.82, 2.24) is 5.32 Å². The standard InChI is InChI=1S/C17H22ClN3O/c1-12-2-9-15(10-3-12)20-16(21-17(19)22)11-6-13-4-7-14(18)8-5-13/h4-8,11-12,15H,2-3,9-10H2,1H3,(H3,19,20,21,22)/b11-6+. The van der Waals surface area contributed by atoms with Gasteiger partial charge >= 0.3 is 6.03 Å². The largest absolute Gasteiger partial charge is 0.351 e. The molecule has 5 heteroatoms. The summed E-state index contributed by atoms with van der Waals surface area (Å²) >= 11 is 5.86. The first-order chi connectivity index (χ1) is 10.5. The summed E-state index contributed by atoms with van der Waals surface area (Å²) in [5.41, 5.74) is 6.21. The molecular formula is C17H22ClN3O. The lowest BCUT2D eigenvalue weighted by Crippen LogP contribution is -2.35. The van der Waals surface area contributed by atoms with Gasteiger partial charge in [0.05, 0.1) is 6.04 Å². The minimum Gasteiger partial charge on any atom is -0.351 e. The van der Waals surface area contributed by atoms with Crippen LogP contribution < -0.4 is 11.1 Å². The maximum absolute atomic E-state index is 11.1. The van der Waals surface area contributed by atoms with Crippen LogP contribution in [0.15, 0.2) is 35.3 Å². The van der Waals surface area contributed by atoms with E-state index < -0.39 is 6.03 Å². The number of amidine groups is 1. The molecule has 0 saturated heterocycles. The van der Waals surface area contributed by atoms with Gasteiger partial charge in [-0.2, -0.15) is 0 Å². The lowest BCUT2D eigenvalue weighted by molar-refractivity contribution is 0.253. The van der Waals surface area contributed by atoms with Gasteiger partial charge in [0.1, 0.15) is 5.84 Å². The number of hydrogen-bond donors (Lipinski definition) is 2. The Morgan fingerprint density at radius 1 is 1.27 bits per heavy atom. The Kier molecular flexibility index (Phi) is 6.01. The molecule has 3 N–H and O–H groups in total. The summed E-state index contributed by atoms with van der Waals surface area (Å²) in [5, 5.41) is 3.29. The number of nitrogens with zero attached hydrogens (tertiary/aromatic N) is 1. The van der Waals surface area contributed by atoms with Gasteiger partial charge in [0, 0.05) is 5.02 Å². The van der Waals surface area contributed by atoms with E-state index in [0.717, 1.165) is 24.3 Å². The highest BCUT2D eigenvalue weighted by atomic mass is 35.5. The molecule has 0 aliphatic heterocycles. The van der Waals surface area contributed by atoms with Crippen LogP contribution >= 0.6 is 11.6 Å². The first-order valence-electron chi connectivity index (χ1n) is 7.61. The zero-order valence-electron chi connectivity index (χ0n) is 12.8. The van der Waals surface area contributed by atoms with E-state index in [9.17, 15) is 4.79 Å². The summed E-state index contributed by atoms with van der Waals surface area (Å²) in [5.74, 6) is 1.28. The second-order valence-corrected chi connectivity index (χ2v) is 6.24. The molecular weight excluding hydrogens is 298 g/mol. The Balaban J connectivity index is 2.08. The summed E-state index contributed by atoms with van der Waals surface area (Å²) in [7, 11) is 0. The van der Waals surface area contributed by atoms with Gasteiger partial charge in [-0.1, -0.05) is 36.7 Å². The predicted molar refractivity (Wildman–Crippen MR) is 92.1 cm³/mol. The highest BCUT2D eigenvalue weighted by Gasteiger charge is 2.17. The fourth-order valence-electron chi connectivity index (χ4n) is 2.56. The average molecular weight is 320 g/mol. The lowest BCUT2D eigenvalue weighted by Gasteiger charge is -2.23. The molecule has 22 heavy (non-hydrogen) atoms. The maximum Gasteiger partial charge on any atom is 0.317 e. The summed E-state index contributed by atoms with van der Waals surface area (Å²) in [6, 6.07) is 7.12. The lowest BCUT2D eigenvalue weighted by atomic mass is 9.88. The van der Waals surface area contributed by atoms with Gasteiger partial charge in [0.2, 0.25) is 0 Å². The Morgan fingerprint density at radius 2 is 1.91 bits per heavy atom. The summed E-state index contributed by atoms with van der Waals surface area (Å²) in [6.07, 6.45) is 8.14. The molecule has 0 bridgehead atoms. The van der Waals surface area contributed by atoms with E-state index >= 15 is 0 Å². The van der Waals surface area contributed by atoms with E-state index in [2.05, 4.69) is 17.2 Å². The third-order valence-corrected chi connectivity index (χ3v) is 4.11. The van der Waals surface area contributed by atoms with Crippen LogP contribution in [0.1, 0.15) is 38.2 Å². The average Bonchev–Trinajstić information content (AvgIpc) is 2.48. The zero-order valence-corrected chi connectivity index (χ0v) is 13.5. The number of aliphatic imine (C=N–C) groups is 1. The van der Waals surface area contributed by atoms with Crippen molar-refractivity contribution < 1.29 is 4.79 Å². The molecule has 1 aliphatic rings. The number of hydrogen-bond acceptors (Lipinski definition) is 2. The molecule has 0 atom stereocenters. The Labute approximate surface area is 136 Å². The minimum absolute atomic E-state index is 0.257. The van der Waals surface area contributed by atoms with Crippen molar-refractivity contribution in [1.29, 1.82) is 0 Å². The molecule has 2 amide bonds. The number of rotatable bonds is 3. The SMILES string of the molecule is CC1CCC(N=C(/C=C/c2ccc(Cl)cc2)NC(N)=O)CC1. The van der Waals surface area contributed by atoms with Gasteiger partial charge in [-0.3, -0.25) is 10.3 Å². The molecule has 118 valence electrons. The molecule has 0 spiro atoms. The van der Waals surface area contributed by atoms with Gasteiger partial charge < -0.3 is 5.73 Å². The van der Waals surface area contributed by atoms with Crippen LogP contribution in [0.2, 0.25) is 5.02 Å². The first kappa shape index (κ1) is 16.6. The maximum atomic E-state index is 11.1. The molecule has 2 rings (SSSR count). The second-order valence-electron chi connectivity index (χ2n) is 5.80. The molecule has 1 aliphatic carbocycles. The third kappa shape index (κ3) is 5.53. The van der Waals surface area contributed by atoms with Gasteiger partial charge in [0.15, 0.2) is 0 Å². The fraction of sp³-hybridized carbons (Fsp3) is 0.412. The quantitative estimate of drug-likeness (QED) is 0.641. The van der Waals surface area contributed by atoms with Crippen LogP contribution in [-0.2, 0) is 0 Å². The van der Waals surface area contributed by atoms with E-state index in [4.69, 9.17) is 17.3 Å². The Morgan fingerprint density at radius 3 is 2.50 bits per heavy atom. The van der Waals surface area contributed by atoms with E-state index in [1.54, 1.807) is 6.08 Å². The van der Waals surface area contributed by atoms with Crippen molar-refractivity contribution >= 4 is 29.5 Å². The molecule has 1 aromatic carbocycles. The normalized spacial score (nSPS) is 22.7. The molecule has 0 aromatic heterocycles. The number of carbonyl (C=O) groups is 1. The monoisotopic (exact) mass is 319 g/mol. The molecule has 0 heterocycles. The highest BCUT2D eigenvalue weighted by Crippen LogP contribution is 2.25. The predicted octanol–water partition coefficient (Wildman–Crippen LogP) is 4.00. The van der Waals surface area contributed by atoms with E-state index in [-0.39, 0.29) is 6.04 Å². The second kappa shape index (κ2) is 7.99. The van der Waals surface area contributed by atoms with Crippen LogP contribution in [0, 0.1) is 5.92 Å². The number of nitrogens with two attached hydrogens (primary N) is 1. The number of amides is 2. The van der Waals surface area contributed by atoms with E-state index in [1.807, 2.05) is 30.3 Å². The van der Waals surface area contributed by atoms with Crippen molar-refractivity contribution in [3.05, 3.63) is 40.9 Å². The summed E-state index contributed by atoms with van der Waals surface area (Å²) in [6.45, 7) is 2.27. The Hall–Kier alpha value is -1.81. The number of primary amides is 1. The van der Waals surface area contributed by atoms with Gasteiger partial charge in [-0.25, -0.2) is 4.79 Å². The van der Waals surface area contributed by atoms with Crippen molar-refractivity contribution in [2.24, 2.45) is 16.6 Å². The molecule has 0 unspecified atom stereocenters. The molecule has 1 saturated carbocycles. The topological polar surface area (TPSA) is 67.5 Å². The van der Waals surface area contributed by atoms with Crippen molar-refractivity contribution in [2.45, 2.75) is 38.6 Å². The molecule has 4 nitrogen and oxygen atoms in total. The smallest absolute Gasteiger partial charge is 0.317 e. The van der Waals surface area contributed by atoms with Crippen LogP contribution in [0.25, 0.3) is 6.08 Å². The number of halogens is 1. The minimum atomic E-state index is -0.594. The highest BCUT2D eigenvalue weighted by molar-refractivity contribution is 6.30. The fourth-order valence-corrected chi connectivity index (χ4v) is 2.69. The first-order valence-corrected chi connectivity index (χ1v) is 7.98. The molecule has 1 aromatic rings. The zero-order chi connectivity index (χ0) is 15.9. The van der Waals surface area contributed by atoms with Gasteiger partial charge in [-0.15, -0.1) is 0 Å². The van der Waals surface area contributed by atoms with Crippen LogP contribution in [0.4, 0.5) is 4.79 Å². The number of carbonyl (C=O) groups excluding carboxylic acids is 1. The van der Waals surface area contributed by atoms with Crippen LogP contribution in [-0.4, -0.2) is 17.9 Å². The number of urea groups is 1. The molecule has 1 fully saturated rings. The van der Waals surface area contributed by atoms with Crippen LogP contribution in [0.3, 0.4) is 0 Å². The van der Waals surface area contributed by atoms with Crippen LogP contribution in [0.5, 0.6) is 0 Å². The number of benzene rings is 1. The van der Waals surface area contributed by atoms with Gasteiger partial charge in [-0.05, 0) is 55.4 Å². The summed E-state index contributed by atoms with van der Waals surface area (Å²) < 4.78 is 0. The number of nitrogens with one attached hydrogen (secondary N) is 1. The Bertz CT molecular complexity index is 558. The van der Waals surface area contributed by atoms with E-state index in [1.165, 1.54) is 12.8 Å². The summed E-state index contributed by atoms with van der Waals surface area (Å²) in [4.78, 5) is 15.8.